The van der Waals surface area contributed by atoms with Crippen LogP contribution in [-0.4, -0.2) is 36.4 Å². The number of amides is 1. The number of ether oxygens (including phenoxy) is 2. The fraction of sp³-hybridized carbons (Fsp3) is 0.111. The lowest BCUT2D eigenvalue weighted by molar-refractivity contribution is 0.0951. The molecule has 0 atom stereocenters. The van der Waals surface area contributed by atoms with Crippen LogP contribution in [0.5, 0.6) is 17.2 Å². The van der Waals surface area contributed by atoms with E-state index in [-0.39, 0.29) is 11.7 Å². The lowest BCUT2D eigenvalue weighted by Crippen LogP contribution is -2.17. The molecule has 2 aromatic carbocycles. The van der Waals surface area contributed by atoms with E-state index in [0.717, 1.165) is 16.7 Å². The number of nitrogens with zero attached hydrogens (tertiary/aromatic N) is 1. The number of aromatic nitrogens is 1. The third kappa shape index (κ3) is 3.55. The number of methoxy groups -OCH3 is 2. The average Bonchev–Trinajstić information content (AvgIpc) is 3.05. The van der Waals surface area contributed by atoms with Gasteiger partial charge in [0.05, 0.1) is 20.4 Å². The number of carbonyl (C=O) groups is 1. The van der Waals surface area contributed by atoms with Crippen molar-refractivity contribution in [3.05, 3.63) is 53.7 Å². The molecular weight excluding hydrogens is 322 g/mol. The predicted octanol–water partition coefficient (Wildman–Crippen LogP) is 2.65. The van der Waals surface area contributed by atoms with E-state index < -0.39 is 0 Å². The molecule has 1 heterocycles. The monoisotopic (exact) mass is 339 g/mol. The number of fused-ring (bicyclic) bond motifs is 1. The van der Waals surface area contributed by atoms with Gasteiger partial charge >= 0.3 is 0 Å². The van der Waals surface area contributed by atoms with E-state index >= 15 is 0 Å². The van der Waals surface area contributed by atoms with E-state index in [1.165, 1.54) is 19.4 Å². The van der Waals surface area contributed by atoms with Gasteiger partial charge < -0.3 is 19.6 Å². The predicted molar refractivity (Wildman–Crippen MR) is 94.6 cm³/mol. The fourth-order valence-corrected chi connectivity index (χ4v) is 2.37. The highest BCUT2D eigenvalue weighted by Crippen LogP contribution is 2.25. The van der Waals surface area contributed by atoms with Gasteiger partial charge in [-0.2, -0.15) is 5.10 Å². The minimum atomic E-state index is -0.371. The van der Waals surface area contributed by atoms with Crippen LogP contribution in [-0.2, 0) is 0 Å². The van der Waals surface area contributed by atoms with Crippen LogP contribution >= 0.6 is 0 Å². The molecule has 0 aliphatic heterocycles. The number of hydrogen-bond donors (Lipinski definition) is 3. The first-order valence-corrected chi connectivity index (χ1v) is 7.48. The molecule has 128 valence electrons. The minimum absolute atomic E-state index is 0.00217. The molecule has 0 unspecified atom stereocenters. The summed E-state index contributed by atoms with van der Waals surface area (Å²) >= 11 is 0. The third-order valence-corrected chi connectivity index (χ3v) is 3.66. The van der Waals surface area contributed by atoms with Gasteiger partial charge in [0, 0.05) is 10.9 Å². The van der Waals surface area contributed by atoms with E-state index in [9.17, 15) is 9.90 Å². The van der Waals surface area contributed by atoms with E-state index in [0.29, 0.717) is 17.0 Å². The first-order valence-electron chi connectivity index (χ1n) is 7.48. The number of rotatable bonds is 5. The first-order chi connectivity index (χ1) is 12.1. The van der Waals surface area contributed by atoms with Crippen molar-refractivity contribution >= 4 is 23.0 Å². The Morgan fingerprint density at radius 1 is 1.16 bits per heavy atom. The summed E-state index contributed by atoms with van der Waals surface area (Å²) in [4.78, 5) is 15.2. The number of hydrogen-bond acceptors (Lipinski definition) is 5. The summed E-state index contributed by atoms with van der Waals surface area (Å²) in [5.41, 5.74) is 4.28. The van der Waals surface area contributed by atoms with Crippen molar-refractivity contribution in [3.63, 3.8) is 0 Å². The number of hydrazone groups is 1. The van der Waals surface area contributed by atoms with Crippen LogP contribution in [0.1, 0.15) is 16.1 Å². The highest BCUT2D eigenvalue weighted by molar-refractivity contribution is 5.98. The van der Waals surface area contributed by atoms with Gasteiger partial charge in [-0.15, -0.1) is 0 Å². The highest BCUT2D eigenvalue weighted by atomic mass is 16.5. The van der Waals surface area contributed by atoms with Crippen LogP contribution in [0.4, 0.5) is 0 Å². The zero-order chi connectivity index (χ0) is 17.8. The molecule has 3 aromatic rings. The Balaban J connectivity index is 1.70. The van der Waals surface area contributed by atoms with Crippen molar-refractivity contribution in [1.29, 1.82) is 0 Å². The Morgan fingerprint density at radius 2 is 2.00 bits per heavy atom. The maximum Gasteiger partial charge on any atom is 0.287 e. The summed E-state index contributed by atoms with van der Waals surface area (Å²) in [6, 6.07) is 12.0. The molecular formula is C18H17N3O4. The molecule has 1 aromatic heterocycles. The van der Waals surface area contributed by atoms with Crippen LogP contribution < -0.4 is 14.9 Å². The van der Waals surface area contributed by atoms with Crippen LogP contribution in [0.25, 0.3) is 10.9 Å². The molecule has 0 saturated heterocycles. The second-order valence-electron chi connectivity index (χ2n) is 5.27. The van der Waals surface area contributed by atoms with E-state index in [1.54, 1.807) is 25.3 Å². The first kappa shape index (κ1) is 16.4. The number of phenols is 1. The molecule has 0 saturated carbocycles. The molecule has 0 spiro atoms. The van der Waals surface area contributed by atoms with Crippen molar-refractivity contribution in [2.75, 3.05) is 14.2 Å². The summed E-state index contributed by atoms with van der Waals surface area (Å²) in [5, 5.41) is 14.5. The summed E-state index contributed by atoms with van der Waals surface area (Å²) in [6.45, 7) is 0. The number of phenolic OH excluding ortho intramolecular Hbond substituents is 1. The van der Waals surface area contributed by atoms with Gasteiger partial charge in [-0.05, 0) is 48.0 Å². The molecule has 7 heteroatoms. The van der Waals surface area contributed by atoms with E-state index in [4.69, 9.17) is 9.47 Å². The molecule has 1 amide bonds. The number of carbonyl (C=O) groups excluding carboxylic acids is 1. The molecule has 0 radical (unpaired) electrons. The van der Waals surface area contributed by atoms with Crippen molar-refractivity contribution in [1.82, 2.24) is 10.4 Å². The standard InChI is InChI=1S/C18H17N3O4/c1-24-13-4-5-14-12(8-13)9-15(20-14)18(23)21-19-10-11-3-6-17(25-2)16(22)7-11/h3-10,20,22H,1-2H3,(H,21,23)/b19-10-. The number of aromatic amines is 1. The number of benzene rings is 2. The number of nitrogens with one attached hydrogen (secondary N) is 2. The molecule has 0 aliphatic rings. The maximum atomic E-state index is 12.2. The zero-order valence-electron chi connectivity index (χ0n) is 13.7. The van der Waals surface area contributed by atoms with Crippen molar-refractivity contribution in [3.8, 4) is 17.2 Å². The van der Waals surface area contributed by atoms with Crippen LogP contribution in [0, 0.1) is 0 Å². The van der Waals surface area contributed by atoms with Gasteiger partial charge in [-0.1, -0.05) is 0 Å². The molecule has 25 heavy (non-hydrogen) atoms. The lowest BCUT2D eigenvalue weighted by atomic mass is 10.2. The Labute approximate surface area is 143 Å². The molecule has 7 nitrogen and oxygen atoms in total. The smallest absolute Gasteiger partial charge is 0.287 e. The largest absolute Gasteiger partial charge is 0.504 e. The molecule has 0 aliphatic carbocycles. The lowest BCUT2D eigenvalue weighted by Gasteiger charge is -2.03. The Bertz CT molecular complexity index is 947. The van der Waals surface area contributed by atoms with Gasteiger partial charge in [0.1, 0.15) is 11.4 Å². The topological polar surface area (TPSA) is 95.9 Å². The maximum absolute atomic E-state index is 12.2. The van der Waals surface area contributed by atoms with E-state index in [2.05, 4.69) is 15.5 Å². The van der Waals surface area contributed by atoms with Crippen molar-refractivity contribution in [2.45, 2.75) is 0 Å². The Hall–Kier alpha value is -3.48. The number of H-pyrrole nitrogens is 1. The number of aromatic hydroxyl groups is 1. The second-order valence-corrected chi connectivity index (χ2v) is 5.27. The Kier molecular flexibility index (Phi) is 4.56. The molecule has 3 N–H and O–H groups in total. The van der Waals surface area contributed by atoms with Gasteiger partial charge in [0.2, 0.25) is 0 Å². The summed E-state index contributed by atoms with van der Waals surface area (Å²) < 4.78 is 10.1. The van der Waals surface area contributed by atoms with Crippen LogP contribution in [0.2, 0.25) is 0 Å². The van der Waals surface area contributed by atoms with Crippen molar-refractivity contribution < 1.29 is 19.4 Å². The second kappa shape index (κ2) is 6.96. The summed E-state index contributed by atoms with van der Waals surface area (Å²) in [7, 11) is 3.06. The van der Waals surface area contributed by atoms with Crippen molar-refractivity contribution in [2.24, 2.45) is 5.10 Å². The highest BCUT2D eigenvalue weighted by Gasteiger charge is 2.09. The van der Waals surface area contributed by atoms with Gasteiger partial charge in [0.15, 0.2) is 11.5 Å². The normalized spacial score (nSPS) is 11.0. The van der Waals surface area contributed by atoms with Crippen LogP contribution in [0.15, 0.2) is 47.6 Å². The average molecular weight is 339 g/mol. The SMILES string of the molecule is COc1ccc2[nH]c(C(=O)N/N=C\c3ccc(OC)c(O)c3)cc2c1. The fourth-order valence-electron chi connectivity index (χ4n) is 2.37. The van der Waals surface area contributed by atoms with Gasteiger partial charge in [-0.3, -0.25) is 4.79 Å². The van der Waals surface area contributed by atoms with E-state index in [1.807, 2.05) is 18.2 Å². The summed E-state index contributed by atoms with van der Waals surface area (Å²) in [6.07, 6.45) is 1.43. The Morgan fingerprint density at radius 3 is 2.72 bits per heavy atom. The third-order valence-electron chi connectivity index (χ3n) is 3.66. The molecule has 0 bridgehead atoms. The minimum Gasteiger partial charge on any atom is -0.504 e. The quantitative estimate of drug-likeness (QED) is 0.492. The summed E-state index contributed by atoms with van der Waals surface area (Å²) in [5.74, 6) is 0.719. The van der Waals surface area contributed by atoms with Gasteiger partial charge in [-0.25, -0.2) is 5.43 Å². The zero-order valence-corrected chi connectivity index (χ0v) is 13.7. The van der Waals surface area contributed by atoms with Crippen LogP contribution in [0.3, 0.4) is 0 Å². The van der Waals surface area contributed by atoms with Gasteiger partial charge in [0.25, 0.3) is 5.91 Å². The molecule has 3 rings (SSSR count). The molecule has 0 fully saturated rings.